The van der Waals surface area contributed by atoms with Gasteiger partial charge in [-0.25, -0.2) is 4.98 Å². The van der Waals surface area contributed by atoms with Gasteiger partial charge in [0, 0.05) is 23.1 Å². The number of hydrogen-bond donors (Lipinski definition) is 3. The van der Waals surface area contributed by atoms with E-state index in [2.05, 4.69) is 26.3 Å². The van der Waals surface area contributed by atoms with Gasteiger partial charge in [-0.3, -0.25) is 19.9 Å². The van der Waals surface area contributed by atoms with E-state index in [0.29, 0.717) is 33.6 Å². The molecule has 0 aliphatic rings. The number of hydrogen-bond acceptors (Lipinski definition) is 6. The van der Waals surface area contributed by atoms with Crippen LogP contribution < -0.4 is 10.9 Å². The summed E-state index contributed by atoms with van der Waals surface area (Å²) in [6.07, 6.45) is 2.38. The third-order valence-electron chi connectivity index (χ3n) is 4.24. The lowest BCUT2D eigenvalue weighted by Gasteiger charge is -2.03. The lowest BCUT2D eigenvalue weighted by molar-refractivity contribution is 0.102. The number of anilines is 1. The third kappa shape index (κ3) is 4.13. The summed E-state index contributed by atoms with van der Waals surface area (Å²) in [6.45, 7) is 0. The fraction of sp³-hybridized carbons (Fsp3) is 0.0500. The molecule has 0 saturated heterocycles. The summed E-state index contributed by atoms with van der Waals surface area (Å²) in [4.78, 5) is 35.1. The number of carbonyl (C=O) groups is 1. The van der Waals surface area contributed by atoms with Gasteiger partial charge >= 0.3 is 0 Å². The molecule has 1 amide bonds. The minimum atomic E-state index is -0.328. The number of rotatable bonds is 4. The number of aromatic nitrogens is 3. The molecule has 0 saturated carbocycles. The Morgan fingerprint density at radius 1 is 1.21 bits per heavy atom. The number of fused-ring (bicyclic) bond motifs is 1. The summed E-state index contributed by atoms with van der Waals surface area (Å²) < 4.78 is 0.201. The minimum absolute atomic E-state index is 0.201. The first-order chi connectivity index (χ1) is 14.0. The Kier molecular flexibility index (Phi) is 5.03. The highest BCUT2D eigenvalue weighted by Gasteiger charge is 2.11. The van der Waals surface area contributed by atoms with Gasteiger partial charge in [0.15, 0.2) is 9.90 Å². The monoisotopic (exact) mass is 419 g/mol. The van der Waals surface area contributed by atoms with Gasteiger partial charge in [0.2, 0.25) is 0 Å². The molecule has 0 aliphatic heterocycles. The van der Waals surface area contributed by atoms with Crippen LogP contribution in [0.5, 0.6) is 0 Å². The van der Waals surface area contributed by atoms with Crippen molar-refractivity contribution >= 4 is 45.5 Å². The summed E-state index contributed by atoms with van der Waals surface area (Å²) >= 11 is 6.36. The van der Waals surface area contributed by atoms with Crippen LogP contribution in [0.1, 0.15) is 26.4 Å². The van der Waals surface area contributed by atoms with Crippen molar-refractivity contribution < 1.29 is 4.79 Å². The smallest absolute Gasteiger partial charge is 0.259 e. The average molecular weight is 419 g/mol. The standard InChI is InChI=1S/C20H13N5O2S2/c21-9-12-3-1-11(2-4-12)7-14-10-22-20(29-14)25-17(26)13-5-6-15-16(8-13)23-19(28)24-18(15)27/h1-6,8,10H,7H2,(H,22,25,26)(H2,23,24,27,28). The first-order valence-electron chi connectivity index (χ1n) is 8.53. The van der Waals surface area contributed by atoms with Gasteiger partial charge in [-0.2, -0.15) is 5.26 Å². The van der Waals surface area contributed by atoms with Gasteiger partial charge in [-0.15, -0.1) is 11.3 Å². The highest BCUT2D eigenvalue weighted by atomic mass is 32.1. The van der Waals surface area contributed by atoms with E-state index in [4.69, 9.17) is 17.5 Å². The van der Waals surface area contributed by atoms with Crippen molar-refractivity contribution in [1.29, 1.82) is 5.26 Å². The Morgan fingerprint density at radius 2 is 2.00 bits per heavy atom. The highest BCUT2D eigenvalue weighted by Crippen LogP contribution is 2.22. The maximum absolute atomic E-state index is 12.6. The average Bonchev–Trinajstić information content (AvgIpc) is 3.14. The summed E-state index contributed by atoms with van der Waals surface area (Å²) in [5.41, 5.74) is 2.25. The molecule has 0 atom stereocenters. The summed E-state index contributed by atoms with van der Waals surface area (Å²) in [5, 5.41) is 12.5. The molecule has 9 heteroatoms. The summed E-state index contributed by atoms with van der Waals surface area (Å²) in [7, 11) is 0. The number of nitrogens with one attached hydrogen (secondary N) is 3. The number of H-pyrrole nitrogens is 2. The number of benzene rings is 2. The van der Waals surface area contributed by atoms with E-state index in [1.807, 2.05) is 12.1 Å². The van der Waals surface area contributed by atoms with Crippen LogP contribution >= 0.6 is 23.6 Å². The Balaban J connectivity index is 1.50. The van der Waals surface area contributed by atoms with Crippen LogP contribution in [0, 0.1) is 16.1 Å². The van der Waals surface area contributed by atoms with E-state index >= 15 is 0 Å². The molecular formula is C20H13N5O2S2. The van der Waals surface area contributed by atoms with Gasteiger partial charge in [-0.1, -0.05) is 12.1 Å². The number of nitrogens with zero attached hydrogens (tertiary/aromatic N) is 2. The van der Waals surface area contributed by atoms with Crippen molar-refractivity contribution in [3.8, 4) is 6.07 Å². The molecule has 3 N–H and O–H groups in total. The highest BCUT2D eigenvalue weighted by molar-refractivity contribution is 7.71. The second-order valence-electron chi connectivity index (χ2n) is 6.24. The van der Waals surface area contributed by atoms with E-state index in [-0.39, 0.29) is 16.2 Å². The van der Waals surface area contributed by atoms with E-state index < -0.39 is 0 Å². The molecule has 0 aliphatic carbocycles. The van der Waals surface area contributed by atoms with Crippen molar-refractivity contribution in [2.24, 2.45) is 0 Å². The van der Waals surface area contributed by atoms with Gasteiger partial charge in [-0.05, 0) is 48.1 Å². The maximum Gasteiger partial charge on any atom is 0.259 e. The fourth-order valence-electron chi connectivity index (χ4n) is 2.83. The molecule has 0 bridgehead atoms. The Labute approximate surface area is 173 Å². The van der Waals surface area contributed by atoms with E-state index in [1.165, 1.54) is 11.3 Å². The normalized spacial score (nSPS) is 10.6. The molecule has 2 aromatic carbocycles. The molecule has 0 unspecified atom stereocenters. The second kappa shape index (κ2) is 7.79. The van der Waals surface area contributed by atoms with Gasteiger partial charge in [0.05, 0.1) is 22.5 Å². The molecule has 7 nitrogen and oxygen atoms in total. The number of amides is 1. The van der Waals surface area contributed by atoms with Crippen LogP contribution in [0.15, 0.2) is 53.5 Å². The van der Waals surface area contributed by atoms with Crippen LogP contribution in [0.4, 0.5) is 5.13 Å². The van der Waals surface area contributed by atoms with Crippen molar-refractivity contribution in [2.75, 3.05) is 5.32 Å². The zero-order valence-electron chi connectivity index (χ0n) is 14.9. The molecule has 4 rings (SSSR count). The minimum Gasteiger partial charge on any atom is -0.332 e. The number of thiazole rings is 1. The quantitative estimate of drug-likeness (QED) is 0.436. The summed E-state index contributed by atoms with van der Waals surface area (Å²) in [5.74, 6) is -0.328. The zero-order valence-corrected chi connectivity index (χ0v) is 16.5. The molecule has 2 aromatic heterocycles. The van der Waals surface area contributed by atoms with Crippen molar-refractivity contribution in [3.63, 3.8) is 0 Å². The molecular weight excluding hydrogens is 406 g/mol. The fourth-order valence-corrected chi connectivity index (χ4v) is 3.87. The first kappa shape index (κ1) is 18.7. The Hall–Kier alpha value is -3.61. The van der Waals surface area contributed by atoms with Crippen molar-refractivity contribution in [2.45, 2.75) is 6.42 Å². The van der Waals surface area contributed by atoms with E-state index in [1.54, 1.807) is 36.5 Å². The van der Waals surface area contributed by atoms with Crippen LogP contribution in [-0.4, -0.2) is 20.9 Å². The predicted molar refractivity (Wildman–Crippen MR) is 114 cm³/mol. The predicted octanol–water partition coefficient (Wildman–Crippen LogP) is 3.76. The largest absolute Gasteiger partial charge is 0.332 e. The van der Waals surface area contributed by atoms with Crippen LogP contribution in [0.2, 0.25) is 0 Å². The molecule has 142 valence electrons. The van der Waals surface area contributed by atoms with Crippen LogP contribution in [0.25, 0.3) is 10.9 Å². The van der Waals surface area contributed by atoms with Gasteiger partial charge in [0.1, 0.15) is 0 Å². The lowest BCUT2D eigenvalue weighted by atomic mass is 10.1. The number of nitriles is 1. The maximum atomic E-state index is 12.6. The van der Waals surface area contributed by atoms with Crippen molar-refractivity contribution in [1.82, 2.24) is 15.0 Å². The van der Waals surface area contributed by atoms with E-state index in [9.17, 15) is 9.59 Å². The van der Waals surface area contributed by atoms with E-state index in [0.717, 1.165) is 10.4 Å². The third-order valence-corrected chi connectivity index (χ3v) is 5.35. The Morgan fingerprint density at radius 3 is 2.76 bits per heavy atom. The second-order valence-corrected chi connectivity index (χ2v) is 7.76. The molecule has 29 heavy (non-hydrogen) atoms. The molecule has 2 heterocycles. The summed E-state index contributed by atoms with van der Waals surface area (Å²) in [6, 6.07) is 14.2. The number of aromatic amines is 2. The Bertz CT molecular complexity index is 1380. The molecule has 0 radical (unpaired) electrons. The first-order valence-corrected chi connectivity index (χ1v) is 9.76. The molecule has 0 spiro atoms. The van der Waals surface area contributed by atoms with Crippen LogP contribution in [-0.2, 0) is 6.42 Å². The molecule has 4 aromatic rings. The lowest BCUT2D eigenvalue weighted by Crippen LogP contribution is -2.13. The zero-order chi connectivity index (χ0) is 20.4. The SMILES string of the molecule is N#Cc1ccc(Cc2cnc(NC(=O)c3ccc4c(=O)[nH]c(=S)[nH]c4c3)s2)cc1. The van der Waals surface area contributed by atoms with Gasteiger partial charge < -0.3 is 4.98 Å². The topological polar surface area (TPSA) is 114 Å². The van der Waals surface area contributed by atoms with Crippen molar-refractivity contribution in [3.05, 3.63) is 85.4 Å². The van der Waals surface area contributed by atoms with Gasteiger partial charge in [0.25, 0.3) is 11.5 Å². The number of carbonyl (C=O) groups excluding carboxylic acids is 1. The van der Waals surface area contributed by atoms with Crippen LogP contribution in [0.3, 0.4) is 0 Å². The molecule has 0 fully saturated rings.